The van der Waals surface area contributed by atoms with Crippen LogP contribution in [0.25, 0.3) is 21.9 Å². The van der Waals surface area contributed by atoms with Gasteiger partial charge in [-0.15, -0.1) is 0 Å². The molecule has 0 saturated carbocycles. The molecule has 80 valence electrons. The van der Waals surface area contributed by atoms with Crippen molar-refractivity contribution in [3.63, 3.8) is 0 Å². The lowest BCUT2D eigenvalue weighted by Gasteiger charge is -2.01. The van der Waals surface area contributed by atoms with Crippen molar-refractivity contribution in [2.24, 2.45) is 0 Å². The fourth-order valence-electron chi connectivity index (χ4n) is 2.47. The van der Waals surface area contributed by atoms with Crippen molar-refractivity contribution in [2.75, 3.05) is 0 Å². The lowest BCUT2D eigenvalue weighted by atomic mass is 10.1. The standard InChI is InChI=1S/C14H14N2/c1-3-16-12-8-4-6-10(2)13(12)11-7-5-9-15-14(11)16/h4-9H,3H2,1-2H3. The molecule has 0 aliphatic rings. The third kappa shape index (κ3) is 1.10. The van der Waals surface area contributed by atoms with Crippen LogP contribution in [0.2, 0.25) is 0 Å². The van der Waals surface area contributed by atoms with Crippen molar-refractivity contribution >= 4 is 21.9 Å². The Morgan fingerprint density at radius 2 is 2.06 bits per heavy atom. The van der Waals surface area contributed by atoms with Crippen molar-refractivity contribution in [1.29, 1.82) is 0 Å². The van der Waals surface area contributed by atoms with Crippen LogP contribution in [-0.4, -0.2) is 9.55 Å². The first-order valence-corrected chi connectivity index (χ1v) is 5.65. The Kier molecular flexibility index (Phi) is 1.96. The highest BCUT2D eigenvalue weighted by molar-refractivity contribution is 6.08. The van der Waals surface area contributed by atoms with E-state index in [0.29, 0.717) is 0 Å². The van der Waals surface area contributed by atoms with E-state index in [4.69, 9.17) is 0 Å². The largest absolute Gasteiger partial charge is 0.326 e. The second-order valence-electron chi connectivity index (χ2n) is 4.09. The van der Waals surface area contributed by atoms with Gasteiger partial charge >= 0.3 is 0 Å². The second kappa shape index (κ2) is 3.34. The molecule has 0 unspecified atom stereocenters. The summed E-state index contributed by atoms with van der Waals surface area (Å²) in [4.78, 5) is 4.49. The molecular formula is C14H14N2. The summed E-state index contributed by atoms with van der Waals surface area (Å²) in [5, 5.41) is 2.60. The Balaban J connectivity index is 2.64. The molecule has 16 heavy (non-hydrogen) atoms. The summed E-state index contributed by atoms with van der Waals surface area (Å²) in [6.07, 6.45) is 1.86. The minimum atomic E-state index is 0.959. The maximum absolute atomic E-state index is 4.49. The molecule has 0 radical (unpaired) electrons. The van der Waals surface area contributed by atoms with Crippen molar-refractivity contribution in [3.8, 4) is 0 Å². The van der Waals surface area contributed by atoms with Crippen LogP contribution in [0.15, 0.2) is 36.5 Å². The van der Waals surface area contributed by atoms with Gasteiger partial charge in [0.05, 0.1) is 5.52 Å². The lowest BCUT2D eigenvalue weighted by molar-refractivity contribution is 0.816. The number of pyridine rings is 1. The van der Waals surface area contributed by atoms with Crippen molar-refractivity contribution in [3.05, 3.63) is 42.1 Å². The number of rotatable bonds is 1. The molecule has 0 amide bonds. The van der Waals surface area contributed by atoms with Gasteiger partial charge in [-0.1, -0.05) is 12.1 Å². The van der Waals surface area contributed by atoms with Gasteiger partial charge in [0.15, 0.2) is 0 Å². The zero-order valence-electron chi connectivity index (χ0n) is 9.57. The van der Waals surface area contributed by atoms with Gasteiger partial charge in [0.25, 0.3) is 0 Å². The van der Waals surface area contributed by atoms with E-state index in [2.05, 4.69) is 47.7 Å². The average molecular weight is 210 g/mol. The fraction of sp³-hybridized carbons (Fsp3) is 0.214. The van der Waals surface area contributed by atoms with Crippen LogP contribution in [0, 0.1) is 6.92 Å². The Hall–Kier alpha value is -1.83. The quantitative estimate of drug-likeness (QED) is 0.601. The molecule has 3 aromatic rings. The summed E-state index contributed by atoms with van der Waals surface area (Å²) in [6.45, 7) is 5.28. The van der Waals surface area contributed by atoms with E-state index in [9.17, 15) is 0 Å². The van der Waals surface area contributed by atoms with Crippen molar-refractivity contribution in [1.82, 2.24) is 9.55 Å². The number of aromatic nitrogens is 2. The SMILES string of the molecule is CCn1c2cccc(C)c2c2cccnc21. The highest BCUT2D eigenvalue weighted by Crippen LogP contribution is 2.29. The van der Waals surface area contributed by atoms with Gasteiger partial charge < -0.3 is 4.57 Å². The molecule has 2 heteroatoms. The van der Waals surface area contributed by atoms with Crippen LogP contribution >= 0.6 is 0 Å². The summed E-state index contributed by atoms with van der Waals surface area (Å²) in [5.41, 5.74) is 3.70. The molecule has 0 saturated heterocycles. The van der Waals surface area contributed by atoms with E-state index in [1.54, 1.807) is 0 Å². The Bertz CT molecular complexity index is 665. The van der Waals surface area contributed by atoms with E-state index >= 15 is 0 Å². The summed E-state index contributed by atoms with van der Waals surface area (Å²) >= 11 is 0. The third-order valence-corrected chi connectivity index (χ3v) is 3.17. The summed E-state index contributed by atoms with van der Waals surface area (Å²) in [7, 11) is 0. The minimum Gasteiger partial charge on any atom is -0.326 e. The van der Waals surface area contributed by atoms with E-state index in [1.165, 1.54) is 21.9 Å². The van der Waals surface area contributed by atoms with Gasteiger partial charge in [-0.25, -0.2) is 4.98 Å². The lowest BCUT2D eigenvalue weighted by Crippen LogP contribution is -1.94. The fourth-order valence-corrected chi connectivity index (χ4v) is 2.47. The first kappa shape index (κ1) is 9.40. The Morgan fingerprint density at radius 3 is 2.88 bits per heavy atom. The smallest absolute Gasteiger partial charge is 0.140 e. The Labute approximate surface area is 94.5 Å². The van der Waals surface area contributed by atoms with Crippen LogP contribution < -0.4 is 0 Å². The van der Waals surface area contributed by atoms with Crippen LogP contribution in [-0.2, 0) is 6.54 Å². The minimum absolute atomic E-state index is 0.959. The van der Waals surface area contributed by atoms with Crippen molar-refractivity contribution in [2.45, 2.75) is 20.4 Å². The highest BCUT2D eigenvalue weighted by atomic mass is 15.0. The normalized spacial score (nSPS) is 11.4. The molecule has 0 atom stereocenters. The number of aryl methyl sites for hydroxylation is 2. The summed E-state index contributed by atoms with van der Waals surface area (Å²) in [5.74, 6) is 0. The molecule has 2 nitrogen and oxygen atoms in total. The zero-order valence-corrected chi connectivity index (χ0v) is 9.57. The van der Waals surface area contributed by atoms with Crippen LogP contribution in [0.5, 0.6) is 0 Å². The van der Waals surface area contributed by atoms with Gasteiger partial charge in [0, 0.05) is 23.5 Å². The average Bonchev–Trinajstić information content (AvgIpc) is 2.64. The number of hydrogen-bond acceptors (Lipinski definition) is 1. The zero-order chi connectivity index (χ0) is 11.1. The molecule has 0 spiro atoms. The first-order chi connectivity index (χ1) is 7.83. The van der Waals surface area contributed by atoms with Crippen LogP contribution in [0.4, 0.5) is 0 Å². The second-order valence-corrected chi connectivity index (χ2v) is 4.09. The van der Waals surface area contributed by atoms with Gasteiger partial charge in [0.2, 0.25) is 0 Å². The number of benzene rings is 1. The molecular weight excluding hydrogens is 196 g/mol. The molecule has 0 fully saturated rings. The highest BCUT2D eigenvalue weighted by Gasteiger charge is 2.10. The van der Waals surface area contributed by atoms with Crippen LogP contribution in [0.1, 0.15) is 12.5 Å². The number of hydrogen-bond donors (Lipinski definition) is 0. The molecule has 2 aromatic heterocycles. The molecule has 2 heterocycles. The van der Waals surface area contributed by atoms with Gasteiger partial charge in [-0.2, -0.15) is 0 Å². The molecule has 0 aliphatic carbocycles. The maximum Gasteiger partial charge on any atom is 0.140 e. The molecule has 1 aromatic carbocycles. The van der Waals surface area contributed by atoms with E-state index in [0.717, 1.165) is 12.2 Å². The first-order valence-electron chi connectivity index (χ1n) is 5.65. The summed E-state index contributed by atoms with van der Waals surface area (Å²) in [6, 6.07) is 10.6. The Morgan fingerprint density at radius 1 is 1.19 bits per heavy atom. The molecule has 0 N–H and O–H groups in total. The van der Waals surface area contributed by atoms with E-state index < -0.39 is 0 Å². The van der Waals surface area contributed by atoms with Crippen LogP contribution in [0.3, 0.4) is 0 Å². The van der Waals surface area contributed by atoms with E-state index in [-0.39, 0.29) is 0 Å². The number of nitrogens with zero attached hydrogens (tertiary/aromatic N) is 2. The monoisotopic (exact) mass is 210 g/mol. The molecule has 0 bridgehead atoms. The predicted molar refractivity (Wildman–Crippen MR) is 67.7 cm³/mol. The van der Waals surface area contributed by atoms with Gasteiger partial charge in [-0.3, -0.25) is 0 Å². The third-order valence-electron chi connectivity index (χ3n) is 3.17. The van der Waals surface area contributed by atoms with Crippen molar-refractivity contribution < 1.29 is 0 Å². The topological polar surface area (TPSA) is 17.8 Å². The van der Waals surface area contributed by atoms with Gasteiger partial charge in [0.1, 0.15) is 5.65 Å². The molecule has 0 aliphatic heterocycles. The summed E-state index contributed by atoms with van der Waals surface area (Å²) < 4.78 is 2.28. The predicted octanol–water partition coefficient (Wildman–Crippen LogP) is 3.52. The molecule has 3 rings (SSSR count). The maximum atomic E-state index is 4.49. The van der Waals surface area contributed by atoms with Gasteiger partial charge in [-0.05, 0) is 37.6 Å². The number of fused-ring (bicyclic) bond motifs is 3. The van der Waals surface area contributed by atoms with E-state index in [1.807, 2.05) is 12.3 Å².